The van der Waals surface area contributed by atoms with E-state index in [1.807, 2.05) is 0 Å². The summed E-state index contributed by atoms with van der Waals surface area (Å²) in [7, 11) is 1.36. The number of methoxy groups -OCH3 is 1. The fourth-order valence-electron chi connectivity index (χ4n) is 1.72. The molecule has 0 aromatic carbocycles. The van der Waals surface area contributed by atoms with Crippen molar-refractivity contribution in [3.63, 3.8) is 0 Å². The monoisotopic (exact) mass is 223 g/mol. The van der Waals surface area contributed by atoms with Gasteiger partial charge in [0.25, 0.3) is 0 Å². The van der Waals surface area contributed by atoms with Crippen molar-refractivity contribution < 1.29 is 13.9 Å². The van der Waals surface area contributed by atoms with Crippen molar-refractivity contribution in [1.82, 2.24) is 4.98 Å². The summed E-state index contributed by atoms with van der Waals surface area (Å²) in [5.74, 6) is 1.27. The van der Waals surface area contributed by atoms with Crippen molar-refractivity contribution in [3.8, 4) is 0 Å². The molecule has 0 N–H and O–H groups in total. The molecule has 0 unspecified atom stereocenters. The van der Waals surface area contributed by atoms with Gasteiger partial charge in [0.1, 0.15) is 0 Å². The Labute approximate surface area is 95.0 Å². The molecule has 0 radical (unpaired) electrons. The number of ether oxygens (including phenoxy) is 1. The summed E-state index contributed by atoms with van der Waals surface area (Å²) in [6, 6.07) is 0. The van der Waals surface area contributed by atoms with Crippen molar-refractivity contribution in [2.45, 2.75) is 39.0 Å². The van der Waals surface area contributed by atoms with E-state index in [-0.39, 0.29) is 0 Å². The molecule has 0 atom stereocenters. The summed E-state index contributed by atoms with van der Waals surface area (Å²) in [6.07, 6.45) is 5.06. The first-order valence-corrected chi connectivity index (χ1v) is 5.81. The molecule has 1 fully saturated rings. The molecule has 0 aliphatic heterocycles. The van der Waals surface area contributed by atoms with E-state index in [1.165, 1.54) is 20.0 Å². The third-order valence-electron chi connectivity index (χ3n) is 2.76. The van der Waals surface area contributed by atoms with E-state index in [0.717, 1.165) is 25.0 Å². The minimum absolute atomic E-state index is 0.292. The number of hydrogen-bond acceptors (Lipinski definition) is 4. The second-order valence-electron chi connectivity index (χ2n) is 4.27. The Morgan fingerprint density at radius 1 is 1.56 bits per heavy atom. The van der Waals surface area contributed by atoms with Gasteiger partial charge < -0.3 is 9.15 Å². The molecule has 1 aliphatic carbocycles. The molecule has 0 amide bonds. The van der Waals surface area contributed by atoms with E-state index >= 15 is 0 Å². The van der Waals surface area contributed by atoms with Gasteiger partial charge in [0.05, 0.1) is 12.8 Å². The average molecular weight is 223 g/mol. The van der Waals surface area contributed by atoms with Crippen molar-refractivity contribution >= 4 is 5.97 Å². The molecule has 1 aromatic heterocycles. The fourth-order valence-corrected chi connectivity index (χ4v) is 1.72. The Hall–Kier alpha value is -1.32. The van der Waals surface area contributed by atoms with Gasteiger partial charge in [-0.05, 0) is 25.2 Å². The van der Waals surface area contributed by atoms with E-state index in [4.69, 9.17) is 4.42 Å². The van der Waals surface area contributed by atoms with Crippen LogP contribution in [0.4, 0.5) is 0 Å². The summed E-state index contributed by atoms with van der Waals surface area (Å²) in [5, 5.41) is 0. The number of esters is 1. The molecule has 1 aliphatic rings. The highest BCUT2D eigenvalue weighted by Gasteiger charge is 2.26. The van der Waals surface area contributed by atoms with E-state index in [0.29, 0.717) is 17.6 Å². The summed E-state index contributed by atoms with van der Waals surface area (Å²) >= 11 is 0. The number of carbonyl (C=O) groups excluding carboxylic acids is 1. The van der Waals surface area contributed by atoms with Gasteiger partial charge in [-0.15, -0.1) is 0 Å². The number of oxazole rings is 1. The maximum Gasteiger partial charge on any atom is 0.375 e. The molecule has 16 heavy (non-hydrogen) atoms. The van der Waals surface area contributed by atoms with Crippen LogP contribution in [0.1, 0.15) is 48.3 Å². The zero-order valence-corrected chi connectivity index (χ0v) is 9.78. The number of aryl methyl sites for hydroxylation is 1. The van der Waals surface area contributed by atoms with Gasteiger partial charge in [0.15, 0.2) is 5.89 Å². The first kappa shape index (κ1) is 11.2. The second-order valence-corrected chi connectivity index (χ2v) is 4.27. The highest BCUT2D eigenvalue weighted by atomic mass is 16.5. The normalized spacial score (nSPS) is 15.1. The molecule has 0 bridgehead atoms. The maximum atomic E-state index is 11.5. The molecule has 1 aromatic rings. The van der Waals surface area contributed by atoms with Crippen LogP contribution >= 0.6 is 0 Å². The summed E-state index contributed by atoms with van der Waals surface area (Å²) < 4.78 is 10.2. The van der Waals surface area contributed by atoms with Gasteiger partial charge in [-0.3, -0.25) is 0 Å². The number of carbonyl (C=O) groups is 1. The van der Waals surface area contributed by atoms with Gasteiger partial charge >= 0.3 is 5.97 Å². The first-order valence-electron chi connectivity index (χ1n) is 5.81. The zero-order valence-electron chi connectivity index (χ0n) is 9.78. The van der Waals surface area contributed by atoms with Gasteiger partial charge in [-0.25, -0.2) is 9.78 Å². The van der Waals surface area contributed by atoms with Gasteiger partial charge in [-0.2, -0.15) is 0 Å². The van der Waals surface area contributed by atoms with Crippen LogP contribution in [0.25, 0.3) is 0 Å². The lowest BCUT2D eigenvalue weighted by Gasteiger charge is -1.96. The molecule has 4 nitrogen and oxygen atoms in total. The third-order valence-corrected chi connectivity index (χ3v) is 2.76. The third kappa shape index (κ3) is 2.43. The number of aromatic nitrogens is 1. The van der Waals surface area contributed by atoms with Crippen LogP contribution in [0.3, 0.4) is 0 Å². The Morgan fingerprint density at radius 2 is 2.31 bits per heavy atom. The van der Waals surface area contributed by atoms with E-state index in [9.17, 15) is 4.79 Å². The second kappa shape index (κ2) is 4.68. The lowest BCUT2D eigenvalue weighted by atomic mass is 10.2. The molecular weight excluding hydrogens is 206 g/mol. The van der Waals surface area contributed by atoms with Gasteiger partial charge in [0, 0.05) is 6.42 Å². The summed E-state index contributed by atoms with van der Waals surface area (Å²) in [4.78, 5) is 15.8. The fraction of sp³-hybridized carbons (Fsp3) is 0.667. The zero-order chi connectivity index (χ0) is 11.5. The minimum Gasteiger partial charge on any atom is -0.463 e. The molecular formula is C12H17NO3. The van der Waals surface area contributed by atoms with Gasteiger partial charge in [0.2, 0.25) is 5.76 Å². The number of rotatable bonds is 5. The predicted octanol–water partition coefficient (Wildman–Crippen LogP) is 2.37. The number of hydrogen-bond donors (Lipinski definition) is 0. The van der Waals surface area contributed by atoms with E-state index < -0.39 is 5.97 Å². The summed E-state index contributed by atoms with van der Waals surface area (Å²) in [6.45, 7) is 2.05. The molecule has 1 heterocycles. The van der Waals surface area contributed by atoms with Crippen LogP contribution in [0.15, 0.2) is 4.42 Å². The van der Waals surface area contributed by atoms with Crippen LogP contribution in [0, 0.1) is 5.92 Å². The summed E-state index contributed by atoms with van der Waals surface area (Å²) in [5.41, 5.74) is 0.741. The Kier molecular flexibility index (Phi) is 3.27. The van der Waals surface area contributed by atoms with E-state index in [1.54, 1.807) is 0 Å². The smallest absolute Gasteiger partial charge is 0.375 e. The van der Waals surface area contributed by atoms with Crippen LogP contribution in [0.5, 0.6) is 0 Å². The Balaban J connectivity index is 2.17. The van der Waals surface area contributed by atoms with Crippen LogP contribution in [0.2, 0.25) is 0 Å². The maximum absolute atomic E-state index is 11.5. The van der Waals surface area contributed by atoms with Crippen molar-refractivity contribution in [3.05, 3.63) is 17.3 Å². The van der Waals surface area contributed by atoms with Crippen molar-refractivity contribution in [2.75, 3.05) is 7.11 Å². The highest BCUT2D eigenvalue weighted by Crippen LogP contribution is 2.32. The Bertz CT molecular complexity index is 380. The molecule has 2 rings (SSSR count). The average Bonchev–Trinajstić information content (AvgIpc) is 2.99. The van der Waals surface area contributed by atoms with Gasteiger partial charge in [-0.1, -0.05) is 13.3 Å². The molecule has 4 heteroatoms. The van der Waals surface area contributed by atoms with Crippen LogP contribution in [-0.2, 0) is 17.6 Å². The van der Waals surface area contributed by atoms with Crippen molar-refractivity contribution in [1.29, 1.82) is 0 Å². The topological polar surface area (TPSA) is 52.3 Å². The van der Waals surface area contributed by atoms with Crippen molar-refractivity contribution in [2.24, 2.45) is 5.92 Å². The Morgan fingerprint density at radius 3 is 2.88 bits per heavy atom. The van der Waals surface area contributed by atoms with E-state index in [2.05, 4.69) is 16.6 Å². The lowest BCUT2D eigenvalue weighted by molar-refractivity contribution is 0.0561. The van der Waals surface area contributed by atoms with Crippen LogP contribution in [-0.4, -0.2) is 18.1 Å². The molecule has 1 saturated carbocycles. The SMILES string of the molecule is CCCc1nc(CC2CC2)oc1C(=O)OC. The van der Waals surface area contributed by atoms with Crippen LogP contribution < -0.4 is 0 Å². The molecule has 88 valence electrons. The largest absolute Gasteiger partial charge is 0.463 e. The highest BCUT2D eigenvalue weighted by molar-refractivity contribution is 5.87. The lowest BCUT2D eigenvalue weighted by Crippen LogP contribution is -2.03. The first-order chi connectivity index (χ1) is 7.74. The predicted molar refractivity (Wildman–Crippen MR) is 58.3 cm³/mol. The number of nitrogens with zero attached hydrogens (tertiary/aromatic N) is 1. The standard InChI is InChI=1S/C12H17NO3/c1-3-4-9-11(12(14)15-2)16-10(13-9)7-8-5-6-8/h8H,3-7H2,1-2H3. The molecule has 0 spiro atoms. The minimum atomic E-state index is -0.419. The molecule has 0 saturated heterocycles. The quantitative estimate of drug-likeness (QED) is 0.719.